The number of nitrogens with one attached hydrogen (secondary N) is 1. The van der Waals surface area contributed by atoms with Crippen LogP contribution < -0.4 is 15.2 Å². The quantitative estimate of drug-likeness (QED) is 0.783. The van der Waals surface area contributed by atoms with Crippen molar-refractivity contribution >= 4 is 17.6 Å². The van der Waals surface area contributed by atoms with Crippen LogP contribution in [0.25, 0.3) is 0 Å². The summed E-state index contributed by atoms with van der Waals surface area (Å²) < 4.78 is 40.3. The lowest BCUT2D eigenvalue weighted by Crippen LogP contribution is -2.40. The van der Waals surface area contributed by atoms with Gasteiger partial charge in [0, 0.05) is 23.5 Å². The maximum absolute atomic E-state index is 12.4. The zero-order valence-corrected chi connectivity index (χ0v) is 15.2. The normalized spacial score (nSPS) is 13.5. The Balaban J connectivity index is 2.04. The number of carboxylic acids is 1. The summed E-state index contributed by atoms with van der Waals surface area (Å²) >= 11 is 0. The number of alkyl halides is 3. The number of carbonyl (C=O) groups excluding carboxylic acids is 2. The zero-order valence-electron chi connectivity index (χ0n) is 15.2. The highest BCUT2D eigenvalue weighted by Crippen LogP contribution is 2.25. The monoisotopic (exact) mass is 394 g/mol. The van der Waals surface area contributed by atoms with E-state index in [0.717, 1.165) is 23.3 Å². The molecule has 0 fully saturated rings. The molecule has 2 aromatic carbocycles. The van der Waals surface area contributed by atoms with Crippen LogP contribution in [0.4, 0.5) is 18.9 Å². The largest absolute Gasteiger partial charge is 0.573 e. The Bertz CT molecular complexity index is 817. The summed E-state index contributed by atoms with van der Waals surface area (Å²) in [6.45, 7) is 3.37. The third-order valence-corrected chi connectivity index (χ3v) is 4.25. The van der Waals surface area contributed by atoms with Crippen LogP contribution in [0.2, 0.25) is 0 Å². The van der Waals surface area contributed by atoms with Gasteiger partial charge in [-0.15, -0.1) is 13.2 Å². The maximum Gasteiger partial charge on any atom is 0.573 e. The molecule has 28 heavy (non-hydrogen) atoms. The van der Waals surface area contributed by atoms with E-state index in [1.54, 1.807) is 12.1 Å². The summed E-state index contributed by atoms with van der Waals surface area (Å²) in [7, 11) is 0. The first-order valence-electron chi connectivity index (χ1n) is 8.48. The van der Waals surface area contributed by atoms with E-state index in [-0.39, 0.29) is 12.1 Å². The first-order chi connectivity index (χ1) is 13.0. The minimum Gasteiger partial charge on any atom is -0.550 e. The fraction of sp³-hybridized carbons (Fsp3) is 0.300. The van der Waals surface area contributed by atoms with Crippen LogP contribution >= 0.6 is 0 Å². The van der Waals surface area contributed by atoms with Crippen molar-refractivity contribution in [3.8, 4) is 5.75 Å². The molecule has 0 aliphatic carbocycles. The SMILES string of the molecule is Cc1ccc(C[C@@H](C(=O)[O-])[C@H](C)C(=O)Nc2ccc(OC(F)(F)F)cc2)cc1. The van der Waals surface area contributed by atoms with E-state index in [4.69, 9.17) is 0 Å². The molecule has 2 aromatic rings. The van der Waals surface area contributed by atoms with Gasteiger partial charge in [-0.05, 0) is 43.2 Å². The third kappa shape index (κ3) is 6.29. The Hall–Kier alpha value is -3.03. The molecule has 8 heteroatoms. The number of benzene rings is 2. The fourth-order valence-electron chi connectivity index (χ4n) is 2.62. The Morgan fingerprint density at radius 1 is 1.07 bits per heavy atom. The smallest absolute Gasteiger partial charge is 0.550 e. The van der Waals surface area contributed by atoms with Crippen LogP contribution in [0.15, 0.2) is 48.5 Å². The van der Waals surface area contributed by atoms with E-state index < -0.39 is 35.8 Å². The number of ether oxygens (including phenoxy) is 1. The molecule has 0 spiro atoms. The molecule has 0 bridgehead atoms. The third-order valence-electron chi connectivity index (χ3n) is 4.25. The van der Waals surface area contributed by atoms with Crippen molar-refractivity contribution < 1.29 is 32.6 Å². The summed E-state index contributed by atoms with van der Waals surface area (Å²) in [5, 5.41) is 14.0. The summed E-state index contributed by atoms with van der Waals surface area (Å²) in [4.78, 5) is 23.9. The van der Waals surface area contributed by atoms with Crippen LogP contribution in [-0.2, 0) is 16.0 Å². The van der Waals surface area contributed by atoms with Crippen molar-refractivity contribution in [2.45, 2.75) is 26.6 Å². The van der Waals surface area contributed by atoms with E-state index in [2.05, 4.69) is 10.1 Å². The zero-order chi connectivity index (χ0) is 20.9. The van der Waals surface area contributed by atoms with E-state index in [1.165, 1.54) is 19.1 Å². The number of carbonyl (C=O) groups is 2. The lowest BCUT2D eigenvalue weighted by atomic mass is 9.87. The van der Waals surface area contributed by atoms with Crippen molar-refractivity contribution in [3.05, 3.63) is 59.7 Å². The number of aliphatic carboxylic acids is 1. The second kappa shape index (κ2) is 8.77. The highest BCUT2D eigenvalue weighted by atomic mass is 19.4. The summed E-state index contributed by atoms with van der Waals surface area (Å²) in [5.74, 6) is -4.33. The van der Waals surface area contributed by atoms with Gasteiger partial charge in [0.05, 0.1) is 0 Å². The van der Waals surface area contributed by atoms with Crippen LogP contribution in [0.1, 0.15) is 18.1 Å². The number of hydrogen-bond acceptors (Lipinski definition) is 4. The highest BCUT2D eigenvalue weighted by Gasteiger charge is 2.31. The van der Waals surface area contributed by atoms with Gasteiger partial charge in [0.25, 0.3) is 0 Å². The number of halogens is 3. The molecule has 0 aromatic heterocycles. The molecular weight excluding hydrogens is 375 g/mol. The van der Waals surface area contributed by atoms with Crippen molar-refractivity contribution in [2.24, 2.45) is 11.8 Å². The maximum atomic E-state index is 12.4. The number of carboxylic acid groups (broad SMARTS) is 1. The minimum absolute atomic E-state index is 0.121. The van der Waals surface area contributed by atoms with Gasteiger partial charge in [-0.3, -0.25) is 4.79 Å². The first-order valence-corrected chi connectivity index (χ1v) is 8.48. The lowest BCUT2D eigenvalue weighted by molar-refractivity contribution is -0.312. The molecule has 150 valence electrons. The van der Waals surface area contributed by atoms with Gasteiger partial charge in [-0.1, -0.05) is 36.8 Å². The van der Waals surface area contributed by atoms with Crippen molar-refractivity contribution in [1.82, 2.24) is 0 Å². The van der Waals surface area contributed by atoms with Crippen LogP contribution in [0.5, 0.6) is 5.75 Å². The molecule has 0 saturated carbocycles. The number of amides is 1. The van der Waals surface area contributed by atoms with Gasteiger partial charge in [-0.2, -0.15) is 0 Å². The summed E-state index contributed by atoms with van der Waals surface area (Å²) in [5.41, 5.74) is 2.00. The molecule has 0 saturated heterocycles. The molecule has 0 aliphatic rings. The van der Waals surface area contributed by atoms with Crippen molar-refractivity contribution in [1.29, 1.82) is 0 Å². The average Bonchev–Trinajstić information content (AvgIpc) is 2.60. The summed E-state index contributed by atoms with van der Waals surface area (Å²) in [6.07, 6.45) is -4.69. The van der Waals surface area contributed by atoms with Crippen molar-refractivity contribution in [3.63, 3.8) is 0 Å². The summed E-state index contributed by atoms with van der Waals surface area (Å²) in [6, 6.07) is 11.8. The van der Waals surface area contributed by atoms with E-state index >= 15 is 0 Å². The lowest BCUT2D eigenvalue weighted by Gasteiger charge is -2.24. The fourth-order valence-corrected chi connectivity index (χ4v) is 2.62. The Morgan fingerprint density at radius 3 is 2.14 bits per heavy atom. The van der Waals surface area contributed by atoms with Crippen LogP contribution in [0, 0.1) is 18.8 Å². The van der Waals surface area contributed by atoms with Crippen LogP contribution in [-0.4, -0.2) is 18.2 Å². The van der Waals surface area contributed by atoms with Crippen LogP contribution in [0.3, 0.4) is 0 Å². The molecule has 0 radical (unpaired) electrons. The molecular formula is C20H19F3NO4-. The number of rotatable bonds is 7. The highest BCUT2D eigenvalue weighted by molar-refractivity contribution is 5.94. The molecule has 1 amide bonds. The molecule has 5 nitrogen and oxygen atoms in total. The van der Waals surface area contributed by atoms with E-state index in [1.807, 2.05) is 19.1 Å². The topological polar surface area (TPSA) is 78.5 Å². The number of aryl methyl sites for hydroxylation is 1. The number of anilines is 1. The average molecular weight is 394 g/mol. The second-order valence-corrected chi connectivity index (χ2v) is 6.47. The molecule has 0 aliphatic heterocycles. The molecule has 2 atom stereocenters. The Labute approximate surface area is 160 Å². The second-order valence-electron chi connectivity index (χ2n) is 6.47. The van der Waals surface area contributed by atoms with E-state index in [9.17, 15) is 27.9 Å². The molecule has 1 N–H and O–H groups in total. The van der Waals surface area contributed by atoms with Gasteiger partial charge in [0.2, 0.25) is 5.91 Å². The Morgan fingerprint density at radius 2 is 1.64 bits per heavy atom. The van der Waals surface area contributed by atoms with Gasteiger partial charge >= 0.3 is 6.36 Å². The van der Waals surface area contributed by atoms with Gasteiger partial charge in [0.15, 0.2) is 0 Å². The van der Waals surface area contributed by atoms with Gasteiger partial charge in [0.1, 0.15) is 5.75 Å². The predicted molar refractivity (Wildman–Crippen MR) is 94.3 cm³/mol. The molecule has 0 unspecified atom stereocenters. The van der Waals surface area contributed by atoms with Gasteiger partial charge in [-0.25, -0.2) is 0 Å². The Kier molecular flexibility index (Phi) is 6.66. The molecule has 0 heterocycles. The van der Waals surface area contributed by atoms with Gasteiger partial charge < -0.3 is 20.0 Å². The molecule has 2 rings (SSSR count). The minimum atomic E-state index is -4.81. The first kappa shape index (κ1) is 21.3. The van der Waals surface area contributed by atoms with Crippen molar-refractivity contribution in [2.75, 3.05) is 5.32 Å². The standard InChI is InChI=1S/C20H20F3NO4/c1-12-3-5-14(6-4-12)11-17(19(26)27)13(2)18(25)24-15-7-9-16(10-8-15)28-20(21,22)23/h3-10,13,17H,11H2,1-2H3,(H,24,25)(H,26,27)/p-1/t13-,17+/m0/s1. The number of hydrogen-bond donors (Lipinski definition) is 1. The van der Waals surface area contributed by atoms with E-state index in [0.29, 0.717) is 0 Å². The predicted octanol–water partition coefficient (Wildman–Crippen LogP) is 3.08.